The number of thioether (sulfide) groups is 1. The van der Waals surface area contributed by atoms with Gasteiger partial charge in [-0.25, -0.2) is 0 Å². The number of carbonyl (C=O) groups is 2. The van der Waals surface area contributed by atoms with Gasteiger partial charge in [0.2, 0.25) is 0 Å². The first kappa shape index (κ1) is 22.2. The quantitative estimate of drug-likeness (QED) is 0.390. The summed E-state index contributed by atoms with van der Waals surface area (Å²) in [5.41, 5.74) is 3.37. The number of ketones is 1. The van der Waals surface area contributed by atoms with Crippen LogP contribution in [0.4, 0.5) is 0 Å². The smallest absolute Gasteiger partial charge is 0.286 e. The SMILES string of the molecule is O=C1N=C(N2CCCCC2)SC1=Cc1cccc(-c2ccc(O)c(C(=O)c3ccccc3)c2)c1. The second kappa shape index (κ2) is 9.69. The predicted octanol–water partition coefficient (Wildman–Crippen LogP) is 5.75. The van der Waals surface area contributed by atoms with E-state index in [2.05, 4.69) is 9.89 Å². The highest BCUT2D eigenvalue weighted by molar-refractivity contribution is 8.18. The van der Waals surface area contributed by atoms with E-state index in [0.717, 1.165) is 47.8 Å². The number of hydrogen-bond acceptors (Lipinski definition) is 5. The number of phenols is 1. The lowest BCUT2D eigenvalue weighted by atomic mass is 9.96. The number of amides is 1. The first-order valence-electron chi connectivity index (χ1n) is 11.4. The van der Waals surface area contributed by atoms with Crippen LogP contribution in [0.2, 0.25) is 0 Å². The number of benzene rings is 3. The highest BCUT2D eigenvalue weighted by atomic mass is 32.2. The minimum Gasteiger partial charge on any atom is -0.507 e. The van der Waals surface area contributed by atoms with E-state index >= 15 is 0 Å². The third-order valence-electron chi connectivity index (χ3n) is 6.03. The number of hydrogen-bond donors (Lipinski definition) is 1. The van der Waals surface area contributed by atoms with E-state index in [1.54, 1.807) is 42.5 Å². The highest BCUT2D eigenvalue weighted by Gasteiger charge is 2.27. The van der Waals surface area contributed by atoms with Gasteiger partial charge in [0.05, 0.1) is 10.5 Å². The lowest BCUT2D eigenvalue weighted by molar-refractivity contribution is -0.113. The molecule has 0 aromatic heterocycles. The third-order valence-corrected chi connectivity index (χ3v) is 7.08. The van der Waals surface area contributed by atoms with Gasteiger partial charge in [-0.05, 0) is 72.0 Å². The summed E-state index contributed by atoms with van der Waals surface area (Å²) in [6.45, 7) is 1.90. The number of amidine groups is 1. The van der Waals surface area contributed by atoms with Crippen molar-refractivity contribution >= 4 is 34.7 Å². The molecular formula is C28H24N2O3S. The number of aliphatic imine (C=N–C) groups is 1. The molecule has 5 nitrogen and oxygen atoms in total. The largest absolute Gasteiger partial charge is 0.507 e. The Hall–Kier alpha value is -3.64. The van der Waals surface area contributed by atoms with Crippen molar-refractivity contribution in [2.24, 2.45) is 4.99 Å². The van der Waals surface area contributed by atoms with Crippen LogP contribution in [0.3, 0.4) is 0 Å². The lowest BCUT2D eigenvalue weighted by Gasteiger charge is -2.27. The zero-order chi connectivity index (χ0) is 23.5. The van der Waals surface area contributed by atoms with Crippen molar-refractivity contribution in [2.75, 3.05) is 13.1 Å². The minimum atomic E-state index is -0.228. The van der Waals surface area contributed by atoms with Gasteiger partial charge in [-0.3, -0.25) is 9.59 Å². The van der Waals surface area contributed by atoms with Gasteiger partial charge in [0, 0.05) is 18.7 Å². The molecule has 2 aliphatic heterocycles. The fourth-order valence-electron chi connectivity index (χ4n) is 4.22. The Morgan fingerprint density at radius 3 is 2.47 bits per heavy atom. The molecule has 0 atom stereocenters. The van der Waals surface area contributed by atoms with Crippen molar-refractivity contribution < 1.29 is 14.7 Å². The lowest BCUT2D eigenvalue weighted by Crippen LogP contribution is -2.33. The van der Waals surface area contributed by atoms with E-state index in [0.29, 0.717) is 10.5 Å². The normalized spacial score (nSPS) is 17.2. The average molecular weight is 469 g/mol. The van der Waals surface area contributed by atoms with E-state index in [-0.39, 0.29) is 23.0 Å². The highest BCUT2D eigenvalue weighted by Crippen LogP contribution is 2.33. The van der Waals surface area contributed by atoms with Gasteiger partial charge in [-0.2, -0.15) is 4.99 Å². The monoisotopic (exact) mass is 468 g/mol. The number of phenolic OH excluding ortho intramolecular Hbond substituents is 1. The fraction of sp³-hybridized carbons (Fsp3) is 0.179. The Balaban J connectivity index is 1.40. The fourth-order valence-corrected chi connectivity index (χ4v) is 5.19. The molecule has 5 rings (SSSR count). The Labute approximate surface area is 202 Å². The van der Waals surface area contributed by atoms with E-state index in [1.165, 1.54) is 18.2 Å². The summed E-state index contributed by atoms with van der Waals surface area (Å²) in [5, 5.41) is 11.1. The molecule has 1 saturated heterocycles. The number of aromatic hydroxyl groups is 1. The van der Waals surface area contributed by atoms with Crippen molar-refractivity contribution in [2.45, 2.75) is 19.3 Å². The van der Waals surface area contributed by atoms with Crippen molar-refractivity contribution in [1.82, 2.24) is 4.90 Å². The van der Waals surface area contributed by atoms with Crippen LogP contribution in [0.5, 0.6) is 5.75 Å². The van der Waals surface area contributed by atoms with Gasteiger partial charge in [-0.15, -0.1) is 0 Å². The molecule has 2 heterocycles. The average Bonchev–Trinajstić information content (AvgIpc) is 3.25. The van der Waals surface area contributed by atoms with Crippen molar-refractivity contribution in [1.29, 1.82) is 0 Å². The molecule has 1 fully saturated rings. The zero-order valence-corrected chi connectivity index (χ0v) is 19.4. The van der Waals surface area contributed by atoms with Crippen LogP contribution < -0.4 is 0 Å². The Morgan fingerprint density at radius 2 is 1.68 bits per heavy atom. The Morgan fingerprint density at radius 1 is 0.912 bits per heavy atom. The molecule has 0 saturated carbocycles. The summed E-state index contributed by atoms with van der Waals surface area (Å²) in [6.07, 6.45) is 5.37. The molecule has 170 valence electrons. The number of carbonyl (C=O) groups excluding carboxylic acids is 2. The molecule has 1 amide bonds. The van der Waals surface area contributed by atoms with Crippen LogP contribution in [-0.4, -0.2) is 40.0 Å². The molecule has 1 N–H and O–H groups in total. The maximum absolute atomic E-state index is 12.9. The summed E-state index contributed by atoms with van der Waals surface area (Å²) in [4.78, 5) is 32.5. The Kier molecular flexibility index (Phi) is 6.32. The number of rotatable bonds is 4. The van der Waals surface area contributed by atoms with E-state index in [1.807, 2.05) is 36.4 Å². The second-order valence-corrected chi connectivity index (χ2v) is 9.42. The number of piperidine rings is 1. The maximum Gasteiger partial charge on any atom is 0.286 e. The third kappa shape index (κ3) is 4.68. The van der Waals surface area contributed by atoms with Gasteiger partial charge >= 0.3 is 0 Å². The predicted molar refractivity (Wildman–Crippen MR) is 137 cm³/mol. The van der Waals surface area contributed by atoms with Crippen molar-refractivity contribution in [3.63, 3.8) is 0 Å². The summed E-state index contributed by atoms with van der Waals surface area (Å²) in [7, 11) is 0. The van der Waals surface area contributed by atoms with E-state index < -0.39 is 0 Å². The van der Waals surface area contributed by atoms with Crippen molar-refractivity contribution in [3.05, 3.63) is 94.4 Å². The molecule has 34 heavy (non-hydrogen) atoms. The maximum atomic E-state index is 12.9. The number of nitrogens with zero attached hydrogens (tertiary/aromatic N) is 2. The summed E-state index contributed by atoms with van der Waals surface area (Å²) in [5.74, 6) is -0.476. The topological polar surface area (TPSA) is 70.0 Å². The molecule has 2 aliphatic rings. The molecule has 6 heteroatoms. The minimum absolute atomic E-state index is 0.0498. The van der Waals surface area contributed by atoms with Crippen LogP contribution in [0.15, 0.2) is 82.7 Å². The summed E-state index contributed by atoms with van der Waals surface area (Å²) >= 11 is 1.44. The summed E-state index contributed by atoms with van der Waals surface area (Å²) in [6, 6.07) is 21.8. The number of likely N-dealkylation sites (tertiary alicyclic amines) is 1. The molecule has 0 aliphatic carbocycles. The van der Waals surface area contributed by atoms with Crippen molar-refractivity contribution in [3.8, 4) is 16.9 Å². The van der Waals surface area contributed by atoms with Crippen LogP contribution >= 0.6 is 11.8 Å². The van der Waals surface area contributed by atoms with Crippen LogP contribution in [0.1, 0.15) is 40.7 Å². The molecule has 0 unspecified atom stereocenters. The molecule has 0 radical (unpaired) electrons. The first-order valence-corrected chi connectivity index (χ1v) is 12.2. The van der Waals surface area contributed by atoms with Gasteiger partial charge < -0.3 is 10.0 Å². The summed E-state index contributed by atoms with van der Waals surface area (Å²) < 4.78 is 0. The van der Waals surface area contributed by atoms with E-state index in [9.17, 15) is 14.7 Å². The van der Waals surface area contributed by atoms with Crippen LogP contribution in [0.25, 0.3) is 17.2 Å². The van der Waals surface area contributed by atoms with Gasteiger partial charge in [0.25, 0.3) is 5.91 Å². The Bertz CT molecular complexity index is 1310. The molecule has 0 spiro atoms. The standard InChI is InChI=1S/C28H24N2O3S/c31-24-13-12-22(18-23(24)26(32)20-9-3-1-4-10-20)21-11-7-8-19(16-21)17-25-27(33)29-28(34-25)30-14-5-2-6-15-30/h1,3-4,7-13,16-18,31H,2,5-6,14-15H2. The zero-order valence-electron chi connectivity index (χ0n) is 18.6. The van der Waals surface area contributed by atoms with Gasteiger partial charge in [0.15, 0.2) is 11.0 Å². The molecular weight excluding hydrogens is 444 g/mol. The van der Waals surface area contributed by atoms with Gasteiger partial charge in [0.1, 0.15) is 5.75 Å². The second-order valence-electron chi connectivity index (χ2n) is 8.41. The molecule has 3 aromatic rings. The van der Waals surface area contributed by atoms with E-state index in [4.69, 9.17) is 0 Å². The first-order chi connectivity index (χ1) is 16.6. The molecule has 0 bridgehead atoms. The van der Waals surface area contributed by atoms with Gasteiger partial charge in [-0.1, -0.05) is 54.6 Å². The van der Waals surface area contributed by atoms with Crippen LogP contribution in [0, 0.1) is 0 Å². The molecule has 3 aromatic carbocycles. The van der Waals surface area contributed by atoms with Crippen LogP contribution in [-0.2, 0) is 4.79 Å².